The molecule has 2 heterocycles. The zero-order valence-electron chi connectivity index (χ0n) is 30.2. The first-order chi connectivity index (χ1) is 25.4. The van der Waals surface area contributed by atoms with Crippen LogP contribution in [-0.2, 0) is 6.42 Å². The summed E-state index contributed by atoms with van der Waals surface area (Å²) >= 11 is 13.8. The molecule has 7 nitrogen and oxygen atoms in total. The Morgan fingerprint density at radius 2 is 1.56 bits per heavy atom. The van der Waals surface area contributed by atoms with Crippen molar-refractivity contribution in [1.82, 2.24) is 19.5 Å². The number of nitrogens with zero attached hydrogens (tertiary/aromatic N) is 3. The molecule has 5 N–H and O–H groups in total. The molecular weight excluding hydrogens is 712 g/mol. The van der Waals surface area contributed by atoms with Crippen molar-refractivity contribution in [1.29, 1.82) is 5.41 Å². The first-order valence-corrected chi connectivity index (χ1v) is 19.4. The smallest absolute Gasteiger partial charge is 0.204 e. The summed E-state index contributed by atoms with van der Waals surface area (Å²) in [6, 6.07) is 30.3. The molecule has 52 heavy (non-hydrogen) atoms. The van der Waals surface area contributed by atoms with E-state index in [1.165, 1.54) is 30.6 Å². The van der Waals surface area contributed by atoms with Gasteiger partial charge >= 0.3 is 0 Å². The van der Waals surface area contributed by atoms with Crippen molar-refractivity contribution in [2.24, 2.45) is 10.7 Å². The standard InChI is InChI=1S/C38H39Cl2FN6S.C2H6.CH5N/c39-30-11-9-28(10-12-30)37(42)35(27-6-2-1-3-7-27)26-44-38(45-48-33-16-13-31(40)14-17-33)47-22-20-46(21-23-47)19-5-4-8-29-25-43-36-18-15-32(41)24-34(29)36;2*1-2/h1-3,6-7,9-18,24-25,35,42-43H,4-5,8,19-23,26H2,(H,44,45);1-2H3;2H2,1H3. The third-order valence-electron chi connectivity index (χ3n) is 8.77. The highest BCUT2D eigenvalue weighted by Gasteiger charge is 2.23. The number of aliphatic imine (C=N–C) groups is 1. The van der Waals surface area contributed by atoms with Crippen LogP contribution < -0.4 is 10.5 Å². The number of H-pyrrole nitrogens is 1. The number of nitrogens with two attached hydrogens (primary N) is 1. The lowest BCUT2D eigenvalue weighted by atomic mass is 9.90. The number of rotatable bonds is 12. The van der Waals surface area contributed by atoms with Crippen molar-refractivity contribution in [3.05, 3.63) is 136 Å². The van der Waals surface area contributed by atoms with Crippen LogP contribution >= 0.6 is 35.1 Å². The Morgan fingerprint density at radius 3 is 2.23 bits per heavy atom. The largest absolute Gasteiger partial charge is 0.361 e. The van der Waals surface area contributed by atoms with Gasteiger partial charge in [-0.25, -0.2) is 4.39 Å². The van der Waals surface area contributed by atoms with Gasteiger partial charge in [-0.1, -0.05) is 79.5 Å². The van der Waals surface area contributed by atoms with Crippen LogP contribution in [-0.4, -0.2) is 72.8 Å². The second-order valence-corrected chi connectivity index (χ2v) is 13.7. The molecule has 5 aromatic rings. The Kier molecular flexibility index (Phi) is 17.0. The number of hydrogen-bond acceptors (Lipinski definition) is 5. The summed E-state index contributed by atoms with van der Waals surface area (Å²) in [4.78, 5) is 14.3. The Bertz CT molecular complexity index is 1820. The Balaban J connectivity index is 0.00000146. The number of piperazine rings is 1. The number of fused-ring (bicyclic) bond motifs is 1. The number of guanidine groups is 1. The van der Waals surface area contributed by atoms with Gasteiger partial charge in [-0.05, 0) is 116 Å². The minimum absolute atomic E-state index is 0.194. The van der Waals surface area contributed by atoms with Crippen LogP contribution in [0.2, 0.25) is 10.0 Å². The molecule has 1 saturated heterocycles. The maximum absolute atomic E-state index is 13.8. The van der Waals surface area contributed by atoms with E-state index in [0.29, 0.717) is 22.3 Å². The summed E-state index contributed by atoms with van der Waals surface area (Å²) in [5, 5.41) is 11.5. The molecule has 1 atom stereocenters. The van der Waals surface area contributed by atoms with Gasteiger partial charge in [0.05, 0.1) is 6.54 Å². The third-order valence-corrected chi connectivity index (χ3v) is 10.1. The van der Waals surface area contributed by atoms with Crippen LogP contribution in [0.15, 0.2) is 113 Å². The van der Waals surface area contributed by atoms with E-state index in [4.69, 9.17) is 33.6 Å². The summed E-state index contributed by atoms with van der Waals surface area (Å²) in [5.74, 6) is 0.395. The number of unbranched alkanes of at least 4 members (excludes halogenated alkanes) is 1. The highest BCUT2D eigenvalue weighted by molar-refractivity contribution is 7.98. The summed E-state index contributed by atoms with van der Waals surface area (Å²) < 4.78 is 17.3. The topological polar surface area (TPSA) is 96.5 Å². The average molecular weight is 763 g/mol. The fourth-order valence-electron chi connectivity index (χ4n) is 6.05. The molecule has 0 amide bonds. The lowest BCUT2D eigenvalue weighted by Crippen LogP contribution is -2.51. The van der Waals surface area contributed by atoms with Crippen molar-refractivity contribution in [3.8, 4) is 0 Å². The summed E-state index contributed by atoms with van der Waals surface area (Å²) in [5.41, 5.74) is 9.05. The van der Waals surface area contributed by atoms with Crippen LogP contribution in [0, 0.1) is 11.2 Å². The molecule has 0 saturated carbocycles. The molecule has 1 fully saturated rings. The Hall–Kier alpha value is -3.86. The molecular formula is C41H50Cl2FN7S. The number of hydrogen-bond donors (Lipinski definition) is 4. The van der Waals surface area contributed by atoms with E-state index in [2.05, 4.69) is 37.4 Å². The highest BCUT2D eigenvalue weighted by atomic mass is 35.5. The fraction of sp³-hybridized carbons (Fsp3) is 0.317. The highest BCUT2D eigenvalue weighted by Crippen LogP contribution is 2.25. The first-order valence-electron chi connectivity index (χ1n) is 17.9. The maximum atomic E-state index is 13.8. The summed E-state index contributed by atoms with van der Waals surface area (Å²) in [6.07, 6.45) is 5.08. The molecule has 0 radical (unpaired) electrons. The third kappa shape index (κ3) is 11.8. The van der Waals surface area contributed by atoms with Gasteiger partial charge in [0.2, 0.25) is 5.96 Å². The Morgan fingerprint density at radius 1 is 0.904 bits per heavy atom. The van der Waals surface area contributed by atoms with Gasteiger partial charge in [-0.15, -0.1) is 0 Å². The minimum atomic E-state index is -0.223. The lowest BCUT2D eigenvalue weighted by Gasteiger charge is -2.36. The molecule has 4 aromatic carbocycles. The molecule has 1 unspecified atom stereocenters. The number of nitrogens with one attached hydrogen (secondary N) is 3. The zero-order chi connectivity index (χ0) is 37.3. The first kappa shape index (κ1) is 40.9. The lowest BCUT2D eigenvalue weighted by molar-refractivity contribution is 0.178. The van der Waals surface area contributed by atoms with Crippen molar-refractivity contribution in [2.45, 2.75) is 43.9 Å². The maximum Gasteiger partial charge on any atom is 0.204 e. The molecule has 0 bridgehead atoms. The van der Waals surface area contributed by atoms with Gasteiger partial charge in [0.25, 0.3) is 0 Å². The van der Waals surface area contributed by atoms with Crippen molar-refractivity contribution >= 4 is 57.7 Å². The van der Waals surface area contributed by atoms with E-state index >= 15 is 0 Å². The monoisotopic (exact) mass is 761 g/mol. The van der Waals surface area contributed by atoms with Gasteiger partial charge in [0.15, 0.2) is 0 Å². The molecule has 1 aromatic heterocycles. The average Bonchev–Trinajstić information content (AvgIpc) is 3.59. The minimum Gasteiger partial charge on any atom is -0.361 e. The van der Waals surface area contributed by atoms with Gasteiger partial charge in [-0.2, -0.15) is 0 Å². The second kappa shape index (κ2) is 21.6. The fourth-order valence-corrected chi connectivity index (χ4v) is 6.98. The van der Waals surface area contributed by atoms with Gasteiger partial charge in [0, 0.05) is 69.8 Å². The normalized spacial score (nSPS) is 13.8. The molecule has 276 valence electrons. The van der Waals surface area contributed by atoms with E-state index in [9.17, 15) is 4.39 Å². The van der Waals surface area contributed by atoms with Gasteiger partial charge < -0.3 is 21.0 Å². The van der Waals surface area contributed by atoms with E-state index in [0.717, 1.165) is 84.9 Å². The summed E-state index contributed by atoms with van der Waals surface area (Å²) in [6.45, 7) is 9.02. The van der Waals surface area contributed by atoms with E-state index in [1.54, 1.807) is 12.1 Å². The number of benzene rings is 4. The van der Waals surface area contributed by atoms with Crippen molar-refractivity contribution < 1.29 is 4.39 Å². The summed E-state index contributed by atoms with van der Waals surface area (Å²) in [7, 11) is 1.50. The zero-order valence-corrected chi connectivity index (χ0v) is 32.5. The van der Waals surface area contributed by atoms with Crippen LogP contribution in [0.4, 0.5) is 4.39 Å². The number of aryl methyl sites for hydroxylation is 1. The molecule has 0 aliphatic carbocycles. The molecule has 1 aliphatic heterocycles. The number of aromatic amines is 1. The van der Waals surface area contributed by atoms with Crippen LogP contribution in [0.5, 0.6) is 0 Å². The molecule has 0 spiro atoms. The van der Waals surface area contributed by atoms with Crippen LogP contribution in [0.1, 0.15) is 49.3 Å². The van der Waals surface area contributed by atoms with Crippen molar-refractivity contribution in [2.75, 3.05) is 46.3 Å². The number of halogens is 3. The quantitative estimate of drug-likeness (QED) is 0.0440. The van der Waals surface area contributed by atoms with Crippen LogP contribution in [0.3, 0.4) is 0 Å². The number of aromatic nitrogens is 1. The van der Waals surface area contributed by atoms with E-state index in [-0.39, 0.29) is 11.7 Å². The Labute approximate surface area is 322 Å². The molecule has 1 aliphatic rings. The van der Waals surface area contributed by atoms with Crippen LogP contribution in [0.25, 0.3) is 10.9 Å². The van der Waals surface area contributed by atoms with E-state index in [1.807, 2.05) is 86.8 Å². The van der Waals surface area contributed by atoms with Gasteiger partial charge in [-0.3, -0.25) is 14.6 Å². The predicted molar refractivity (Wildman–Crippen MR) is 221 cm³/mol. The molecule has 11 heteroatoms. The van der Waals surface area contributed by atoms with E-state index < -0.39 is 0 Å². The predicted octanol–water partition coefficient (Wildman–Crippen LogP) is 9.66. The second-order valence-electron chi connectivity index (χ2n) is 12.0. The molecule has 6 rings (SSSR count). The van der Waals surface area contributed by atoms with Crippen molar-refractivity contribution in [3.63, 3.8) is 0 Å². The van der Waals surface area contributed by atoms with Gasteiger partial charge in [0.1, 0.15) is 5.82 Å². The SMILES string of the molecule is CC.CN.N=C(c1ccc(Cl)cc1)C(CN=C(NSc1ccc(Cl)cc1)N1CCN(CCCCc2c[nH]c3ccc(F)cc23)CC1)c1ccccc1.